The maximum absolute atomic E-state index is 13.4. The second-order valence-corrected chi connectivity index (χ2v) is 7.40. The van der Waals surface area contributed by atoms with Crippen LogP contribution in [0.3, 0.4) is 0 Å². The molecular formula is C26H25N3O3. The summed E-state index contributed by atoms with van der Waals surface area (Å²) in [4.78, 5) is 32.2. The quantitative estimate of drug-likeness (QED) is 0.539. The Morgan fingerprint density at radius 3 is 2.28 bits per heavy atom. The number of amides is 2. The molecule has 2 aromatic carbocycles. The second-order valence-electron chi connectivity index (χ2n) is 7.40. The summed E-state index contributed by atoms with van der Waals surface area (Å²) in [5.74, 6) is -0.00905. The Balaban J connectivity index is 1.70. The number of hydrogen-bond acceptors (Lipinski definition) is 5. The fourth-order valence-corrected chi connectivity index (χ4v) is 3.61. The number of aryl methyl sites for hydroxylation is 1. The van der Waals surface area contributed by atoms with Crippen molar-refractivity contribution in [2.45, 2.75) is 26.8 Å². The number of anilines is 1. The number of carbonyl (C=O) groups is 2. The van der Waals surface area contributed by atoms with Gasteiger partial charge in [0.1, 0.15) is 11.4 Å². The van der Waals surface area contributed by atoms with Gasteiger partial charge in [-0.15, -0.1) is 0 Å². The molecule has 162 valence electrons. The zero-order valence-corrected chi connectivity index (χ0v) is 18.2. The van der Waals surface area contributed by atoms with Gasteiger partial charge in [-0.05, 0) is 60.9 Å². The number of hydrogen-bond donors (Lipinski definition) is 1. The Bertz CT molecular complexity index is 1140. The molecule has 4 rings (SSSR count). The Hall–Kier alpha value is -3.93. The standard InChI is InChI=1S/C26H25N3O3/c1-3-18-8-12-20(13-9-18)28-24-23(19-10-14-22(15-11-19)32-4-2)25(30)29(26(24)31)17-21-7-5-6-16-27-21/h5-16,28H,3-4,17H2,1-2H3. The smallest absolute Gasteiger partial charge is 0.278 e. The first-order chi connectivity index (χ1) is 15.6. The zero-order valence-electron chi connectivity index (χ0n) is 18.2. The minimum Gasteiger partial charge on any atom is -0.494 e. The van der Waals surface area contributed by atoms with Crippen LogP contribution in [-0.4, -0.2) is 28.3 Å². The molecule has 1 aliphatic rings. The molecule has 0 atom stereocenters. The molecule has 0 saturated carbocycles. The summed E-state index contributed by atoms with van der Waals surface area (Å²) in [6.45, 7) is 4.66. The molecule has 1 N–H and O–H groups in total. The maximum atomic E-state index is 13.4. The van der Waals surface area contributed by atoms with Crippen molar-refractivity contribution in [1.29, 1.82) is 0 Å². The number of carbonyl (C=O) groups excluding carboxylic acids is 2. The number of pyridine rings is 1. The molecule has 6 nitrogen and oxygen atoms in total. The van der Waals surface area contributed by atoms with E-state index in [2.05, 4.69) is 17.2 Å². The number of ether oxygens (including phenoxy) is 1. The van der Waals surface area contributed by atoms with Crippen molar-refractivity contribution in [3.05, 3.63) is 95.4 Å². The zero-order chi connectivity index (χ0) is 22.5. The molecular weight excluding hydrogens is 402 g/mol. The van der Waals surface area contributed by atoms with Crippen LogP contribution in [-0.2, 0) is 22.6 Å². The van der Waals surface area contributed by atoms with E-state index in [0.29, 0.717) is 29.2 Å². The van der Waals surface area contributed by atoms with E-state index in [1.807, 2.05) is 37.3 Å². The van der Waals surface area contributed by atoms with Gasteiger partial charge < -0.3 is 10.1 Å². The van der Waals surface area contributed by atoms with Crippen molar-refractivity contribution < 1.29 is 14.3 Å². The summed E-state index contributed by atoms with van der Waals surface area (Å²) >= 11 is 0. The monoisotopic (exact) mass is 427 g/mol. The van der Waals surface area contributed by atoms with E-state index in [1.165, 1.54) is 10.5 Å². The summed E-state index contributed by atoms with van der Waals surface area (Å²) in [5.41, 5.74) is 3.85. The van der Waals surface area contributed by atoms with Crippen molar-refractivity contribution in [2.24, 2.45) is 0 Å². The molecule has 0 aliphatic carbocycles. The Morgan fingerprint density at radius 1 is 0.906 bits per heavy atom. The summed E-state index contributed by atoms with van der Waals surface area (Å²) in [7, 11) is 0. The predicted octanol–water partition coefficient (Wildman–Crippen LogP) is 4.43. The SMILES string of the molecule is CCOc1ccc(C2=C(Nc3ccc(CC)cc3)C(=O)N(Cc3ccccn3)C2=O)cc1. The number of imide groups is 1. The summed E-state index contributed by atoms with van der Waals surface area (Å²) < 4.78 is 5.51. The van der Waals surface area contributed by atoms with Crippen LogP contribution in [0.25, 0.3) is 5.57 Å². The predicted molar refractivity (Wildman–Crippen MR) is 124 cm³/mol. The first-order valence-electron chi connectivity index (χ1n) is 10.7. The van der Waals surface area contributed by atoms with Gasteiger partial charge in [-0.2, -0.15) is 0 Å². The first-order valence-corrected chi connectivity index (χ1v) is 10.7. The Kier molecular flexibility index (Phi) is 6.31. The average molecular weight is 428 g/mol. The van der Waals surface area contributed by atoms with E-state index in [0.717, 1.165) is 12.1 Å². The van der Waals surface area contributed by atoms with Crippen LogP contribution >= 0.6 is 0 Å². The number of rotatable bonds is 8. The van der Waals surface area contributed by atoms with Crippen molar-refractivity contribution in [3.63, 3.8) is 0 Å². The molecule has 0 fully saturated rings. The average Bonchev–Trinajstić information content (AvgIpc) is 3.05. The van der Waals surface area contributed by atoms with Crippen LogP contribution in [0.4, 0.5) is 5.69 Å². The van der Waals surface area contributed by atoms with E-state index in [1.54, 1.807) is 42.6 Å². The van der Waals surface area contributed by atoms with Crippen LogP contribution in [0.2, 0.25) is 0 Å². The van der Waals surface area contributed by atoms with E-state index in [-0.39, 0.29) is 24.1 Å². The lowest BCUT2D eigenvalue weighted by atomic mass is 10.0. The van der Waals surface area contributed by atoms with Crippen LogP contribution in [0.15, 0.2) is 78.6 Å². The summed E-state index contributed by atoms with van der Waals surface area (Å²) in [6.07, 6.45) is 2.57. The van der Waals surface area contributed by atoms with Gasteiger partial charge in [-0.3, -0.25) is 19.5 Å². The molecule has 0 bridgehead atoms. The fourth-order valence-electron chi connectivity index (χ4n) is 3.61. The van der Waals surface area contributed by atoms with Crippen molar-refractivity contribution in [1.82, 2.24) is 9.88 Å². The van der Waals surface area contributed by atoms with Gasteiger partial charge in [-0.1, -0.05) is 37.3 Å². The van der Waals surface area contributed by atoms with Gasteiger partial charge in [0.05, 0.1) is 24.4 Å². The van der Waals surface area contributed by atoms with Gasteiger partial charge >= 0.3 is 0 Å². The van der Waals surface area contributed by atoms with Crippen LogP contribution in [0.1, 0.15) is 30.7 Å². The molecule has 0 spiro atoms. The Labute approximate surface area is 187 Å². The largest absolute Gasteiger partial charge is 0.494 e. The number of aromatic nitrogens is 1. The highest BCUT2D eigenvalue weighted by molar-refractivity contribution is 6.36. The maximum Gasteiger partial charge on any atom is 0.278 e. The first kappa shape index (κ1) is 21.3. The molecule has 32 heavy (non-hydrogen) atoms. The minimum atomic E-state index is -0.371. The number of nitrogens with zero attached hydrogens (tertiary/aromatic N) is 2. The third-order valence-corrected chi connectivity index (χ3v) is 5.30. The molecule has 6 heteroatoms. The second kappa shape index (κ2) is 9.47. The minimum absolute atomic E-state index is 0.110. The van der Waals surface area contributed by atoms with Gasteiger partial charge in [-0.25, -0.2) is 0 Å². The molecule has 0 radical (unpaired) electrons. The number of nitrogens with one attached hydrogen (secondary N) is 1. The van der Waals surface area contributed by atoms with E-state index in [9.17, 15) is 9.59 Å². The topological polar surface area (TPSA) is 71.5 Å². The van der Waals surface area contributed by atoms with Gasteiger partial charge in [0.2, 0.25) is 0 Å². The highest BCUT2D eigenvalue weighted by Crippen LogP contribution is 2.32. The molecule has 0 unspecified atom stereocenters. The van der Waals surface area contributed by atoms with E-state index >= 15 is 0 Å². The van der Waals surface area contributed by atoms with Crippen molar-refractivity contribution in [3.8, 4) is 5.75 Å². The van der Waals surface area contributed by atoms with Crippen LogP contribution < -0.4 is 10.1 Å². The third kappa shape index (κ3) is 4.39. The normalized spacial score (nSPS) is 13.6. The third-order valence-electron chi connectivity index (χ3n) is 5.30. The molecule has 0 saturated heterocycles. The Morgan fingerprint density at radius 2 is 1.66 bits per heavy atom. The lowest BCUT2D eigenvalue weighted by Crippen LogP contribution is -2.32. The molecule has 1 aliphatic heterocycles. The van der Waals surface area contributed by atoms with E-state index in [4.69, 9.17) is 4.74 Å². The lowest BCUT2D eigenvalue weighted by molar-refractivity contribution is -0.137. The van der Waals surface area contributed by atoms with E-state index < -0.39 is 0 Å². The van der Waals surface area contributed by atoms with Gasteiger partial charge in [0.25, 0.3) is 11.8 Å². The summed E-state index contributed by atoms with van der Waals surface area (Å²) in [6, 6.07) is 20.5. The lowest BCUT2D eigenvalue weighted by Gasteiger charge is -2.15. The fraction of sp³-hybridized carbons (Fsp3) is 0.192. The van der Waals surface area contributed by atoms with Crippen molar-refractivity contribution in [2.75, 3.05) is 11.9 Å². The van der Waals surface area contributed by atoms with Gasteiger partial charge in [0, 0.05) is 11.9 Å². The molecule has 2 heterocycles. The van der Waals surface area contributed by atoms with Gasteiger partial charge in [0.15, 0.2) is 0 Å². The highest BCUT2D eigenvalue weighted by Gasteiger charge is 2.39. The summed E-state index contributed by atoms with van der Waals surface area (Å²) in [5, 5.41) is 3.19. The molecule has 3 aromatic rings. The van der Waals surface area contributed by atoms with Crippen LogP contribution in [0.5, 0.6) is 5.75 Å². The number of benzene rings is 2. The van der Waals surface area contributed by atoms with Crippen LogP contribution in [0, 0.1) is 0 Å². The van der Waals surface area contributed by atoms with Crippen molar-refractivity contribution >= 4 is 23.1 Å². The molecule has 2 amide bonds. The molecule has 1 aromatic heterocycles. The highest BCUT2D eigenvalue weighted by atomic mass is 16.5.